The number of fused-ring (bicyclic) bond motifs is 1. The molecule has 5 N–H and O–H groups in total. The first-order chi connectivity index (χ1) is 19.0. The van der Waals surface area contributed by atoms with E-state index in [0.717, 1.165) is 16.9 Å². The summed E-state index contributed by atoms with van der Waals surface area (Å²) in [5.41, 5.74) is 2.53. The highest BCUT2D eigenvalue weighted by Crippen LogP contribution is 2.29. The maximum absolute atomic E-state index is 12.6. The number of carboxylic acid groups (broad SMARTS) is 1. The van der Waals surface area contributed by atoms with E-state index in [9.17, 15) is 23.1 Å². The zero-order valence-corrected chi connectivity index (χ0v) is 23.5. The standard InChI is InChI=1S/C24H29N7O7S2/c1-3-37-10-11-38-24(34)31-9-8-18-17(13-31)20(26-12-15-4-6-16(7-5-15)40(25,35)36)29-22(28-18)30-23-27-14(2)19(39-23)21(32)33/h4-7H,3,8-13H2,1-2H3,(H,32,33)(H2,25,35,36)(H2,26,27,28,29,30). The molecule has 0 saturated carbocycles. The molecule has 3 heterocycles. The van der Waals surface area contributed by atoms with E-state index in [1.165, 1.54) is 12.1 Å². The van der Waals surface area contributed by atoms with Gasteiger partial charge in [0.15, 0.2) is 5.13 Å². The topological polar surface area (TPSA) is 199 Å². The third-order valence-corrected chi connectivity index (χ3v) is 7.89. The smallest absolute Gasteiger partial charge is 0.410 e. The van der Waals surface area contributed by atoms with Gasteiger partial charge in [-0.1, -0.05) is 23.5 Å². The molecule has 0 radical (unpaired) electrons. The number of carbonyl (C=O) groups is 2. The van der Waals surface area contributed by atoms with Crippen LogP contribution in [-0.4, -0.2) is 71.8 Å². The second-order valence-corrected chi connectivity index (χ2v) is 11.3. The van der Waals surface area contributed by atoms with Gasteiger partial charge in [0.1, 0.15) is 17.3 Å². The van der Waals surface area contributed by atoms with Gasteiger partial charge in [-0.15, -0.1) is 0 Å². The number of anilines is 3. The predicted octanol–water partition coefficient (Wildman–Crippen LogP) is 2.47. The lowest BCUT2D eigenvalue weighted by atomic mass is 10.1. The summed E-state index contributed by atoms with van der Waals surface area (Å²) >= 11 is 0.973. The van der Waals surface area contributed by atoms with Crippen molar-refractivity contribution in [2.24, 2.45) is 5.14 Å². The van der Waals surface area contributed by atoms with Crippen LogP contribution in [0, 0.1) is 6.92 Å². The van der Waals surface area contributed by atoms with Crippen molar-refractivity contribution in [2.75, 3.05) is 37.0 Å². The minimum atomic E-state index is -3.81. The Labute approximate surface area is 234 Å². The molecule has 1 aromatic carbocycles. The fourth-order valence-corrected chi connectivity index (χ4v) is 5.24. The molecular formula is C24H29N7O7S2. The largest absolute Gasteiger partial charge is 0.477 e. The van der Waals surface area contributed by atoms with Gasteiger partial charge in [0.05, 0.1) is 29.4 Å². The summed E-state index contributed by atoms with van der Waals surface area (Å²) in [6.45, 7) is 5.31. The molecule has 0 aliphatic carbocycles. The summed E-state index contributed by atoms with van der Waals surface area (Å²) in [5.74, 6) is -0.413. The van der Waals surface area contributed by atoms with Gasteiger partial charge in [-0.2, -0.15) is 4.98 Å². The van der Waals surface area contributed by atoms with E-state index < -0.39 is 22.1 Å². The van der Waals surface area contributed by atoms with E-state index >= 15 is 0 Å². The minimum absolute atomic E-state index is 0.000106. The molecule has 0 bridgehead atoms. The Morgan fingerprint density at radius 1 is 1.18 bits per heavy atom. The number of thiazole rings is 1. The molecule has 0 saturated heterocycles. The number of amides is 1. The third kappa shape index (κ3) is 7.20. The molecule has 16 heteroatoms. The second-order valence-electron chi connectivity index (χ2n) is 8.71. The lowest BCUT2D eigenvalue weighted by Gasteiger charge is -2.29. The molecule has 2 aromatic heterocycles. The zero-order chi connectivity index (χ0) is 28.9. The molecular weight excluding hydrogens is 562 g/mol. The summed E-state index contributed by atoms with van der Waals surface area (Å²) in [6, 6.07) is 6.10. The molecule has 0 unspecified atom stereocenters. The van der Waals surface area contributed by atoms with Gasteiger partial charge in [0.2, 0.25) is 16.0 Å². The van der Waals surface area contributed by atoms with Gasteiger partial charge in [0.25, 0.3) is 0 Å². The Bertz CT molecular complexity index is 1490. The SMILES string of the molecule is CCOCCOC(=O)N1CCc2nc(Nc3nc(C)c(C(=O)O)s3)nc(NCc3ccc(S(N)(=O)=O)cc3)c2C1. The average Bonchev–Trinajstić information content (AvgIpc) is 3.29. The number of sulfonamides is 1. The minimum Gasteiger partial charge on any atom is -0.477 e. The summed E-state index contributed by atoms with van der Waals surface area (Å²) < 4.78 is 33.7. The molecule has 3 aromatic rings. The molecule has 1 aliphatic rings. The number of aromatic nitrogens is 3. The van der Waals surface area contributed by atoms with Crippen LogP contribution in [0.4, 0.5) is 21.7 Å². The number of nitrogens with zero attached hydrogens (tertiary/aromatic N) is 4. The van der Waals surface area contributed by atoms with E-state index in [1.54, 1.807) is 24.0 Å². The summed E-state index contributed by atoms with van der Waals surface area (Å²) in [5, 5.41) is 21.1. The fourth-order valence-electron chi connectivity index (χ4n) is 3.92. The molecule has 1 amide bonds. The Morgan fingerprint density at radius 3 is 2.58 bits per heavy atom. The first-order valence-electron chi connectivity index (χ1n) is 12.3. The van der Waals surface area contributed by atoms with Crippen molar-refractivity contribution in [1.29, 1.82) is 0 Å². The van der Waals surface area contributed by atoms with Crippen LogP contribution in [0.15, 0.2) is 29.2 Å². The van der Waals surface area contributed by atoms with Gasteiger partial charge in [0, 0.05) is 31.7 Å². The lowest BCUT2D eigenvalue weighted by Crippen LogP contribution is -2.38. The number of benzene rings is 1. The predicted molar refractivity (Wildman–Crippen MR) is 146 cm³/mol. The maximum Gasteiger partial charge on any atom is 0.410 e. The van der Waals surface area contributed by atoms with Gasteiger partial charge < -0.3 is 24.8 Å². The van der Waals surface area contributed by atoms with Crippen molar-refractivity contribution in [3.63, 3.8) is 0 Å². The number of primary sulfonamides is 1. The van der Waals surface area contributed by atoms with Crippen LogP contribution < -0.4 is 15.8 Å². The molecule has 0 spiro atoms. The number of aromatic carboxylic acids is 1. The Balaban J connectivity index is 1.57. The number of hydrogen-bond donors (Lipinski definition) is 4. The van der Waals surface area contributed by atoms with Crippen molar-refractivity contribution in [2.45, 2.75) is 38.3 Å². The van der Waals surface area contributed by atoms with Crippen molar-refractivity contribution in [3.05, 3.63) is 51.7 Å². The van der Waals surface area contributed by atoms with Gasteiger partial charge >= 0.3 is 12.1 Å². The summed E-state index contributed by atoms with van der Waals surface area (Å²) in [6.07, 6.45) is -0.0428. The van der Waals surface area contributed by atoms with E-state index in [0.29, 0.717) is 54.1 Å². The van der Waals surface area contributed by atoms with Crippen molar-refractivity contribution in [1.82, 2.24) is 19.9 Å². The molecule has 214 valence electrons. The number of hydrogen-bond acceptors (Lipinski definition) is 12. The number of nitrogens with two attached hydrogens (primary N) is 1. The van der Waals surface area contributed by atoms with Crippen LogP contribution >= 0.6 is 11.3 Å². The number of carbonyl (C=O) groups excluding carboxylic acids is 1. The lowest BCUT2D eigenvalue weighted by molar-refractivity contribution is 0.0565. The van der Waals surface area contributed by atoms with Crippen LogP contribution in [0.1, 0.15) is 39.1 Å². The number of ether oxygens (including phenoxy) is 2. The molecule has 1 aliphatic heterocycles. The van der Waals surface area contributed by atoms with Crippen molar-refractivity contribution < 1.29 is 32.6 Å². The Hall–Kier alpha value is -3.86. The normalized spacial score (nSPS) is 13.0. The van der Waals surface area contributed by atoms with E-state index in [2.05, 4.69) is 25.6 Å². The number of nitrogens with one attached hydrogen (secondary N) is 2. The molecule has 40 heavy (non-hydrogen) atoms. The number of rotatable bonds is 11. The average molecular weight is 592 g/mol. The number of carboxylic acids is 1. The van der Waals surface area contributed by atoms with Crippen molar-refractivity contribution >= 4 is 50.3 Å². The van der Waals surface area contributed by atoms with Crippen LogP contribution in [0.5, 0.6) is 0 Å². The summed E-state index contributed by atoms with van der Waals surface area (Å²) in [7, 11) is -3.81. The highest BCUT2D eigenvalue weighted by Gasteiger charge is 2.27. The molecule has 14 nitrogen and oxygen atoms in total. The highest BCUT2D eigenvalue weighted by molar-refractivity contribution is 7.89. The van der Waals surface area contributed by atoms with E-state index in [4.69, 9.17) is 14.6 Å². The molecule has 4 rings (SSSR count). The molecule has 0 fully saturated rings. The fraction of sp³-hybridized carbons (Fsp3) is 0.375. The van der Waals surface area contributed by atoms with Crippen LogP contribution in [0.3, 0.4) is 0 Å². The highest BCUT2D eigenvalue weighted by atomic mass is 32.2. The third-order valence-electron chi connectivity index (χ3n) is 5.90. The first kappa shape index (κ1) is 29.1. The Kier molecular flexibility index (Phi) is 9.14. The van der Waals surface area contributed by atoms with Gasteiger partial charge in [-0.05, 0) is 31.5 Å². The quantitative estimate of drug-likeness (QED) is 0.238. The van der Waals surface area contributed by atoms with Crippen LogP contribution in [0.25, 0.3) is 0 Å². The molecule has 0 atom stereocenters. The van der Waals surface area contributed by atoms with Gasteiger partial charge in [-0.25, -0.2) is 33.1 Å². The summed E-state index contributed by atoms with van der Waals surface area (Å²) in [4.78, 5) is 39.2. The van der Waals surface area contributed by atoms with Crippen LogP contribution in [0.2, 0.25) is 0 Å². The van der Waals surface area contributed by atoms with Crippen LogP contribution in [-0.2, 0) is 39.0 Å². The second kappa shape index (κ2) is 12.5. The monoisotopic (exact) mass is 591 g/mol. The van der Waals surface area contributed by atoms with Gasteiger partial charge in [-0.3, -0.25) is 5.32 Å². The zero-order valence-electron chi connectivity index (χ0n) is 21.8. The Morgan fingerprint density at radius 2 is 1.93 bits per heavy atom. The van der Waals surface area contributed by atoms with E-state index in [1.807, 2.05) is 6.92 Å². The maximum atomic E-state index is 12.6. The van der Waals surface area contributed by atoms with E-state index in [-0.39, 0.29) is 35.4 Å². The van der Waals surface area contributed by atoms with Crippen molar-refractivity contribution in [3.8, 4) is 0 Å². The first-order valence-corrected chi connectivity index (χ1v) is 14.6. The number of aryl methyl sites for hydroxylation is 1.